The molecule has 1 unspecified atom stereocenters. The lowest BCUT2D eigenvalue weighted by Gasteiger charge is -2.22. The number of aromatic nitrogens is 2. The van der Waals surface area contributed by atoms with Crippen LogP contribution in [0, 0.1) is 5.92 Å². The highest BCUT2D eigenvalue weighted by molar-refractivity contribution is 5.05. The number of nitrogens with one attached hydrogen (secondary N) is 1. The van der Waals surface area contributed by atoms with Crippen molar-refractivity contribution in [3.8, 4) is 0 Å². The molecule has 2 fully saturated rings. The molecule has 19 heavy (non-hydrogen) atoms. The van der Waals surface area contributed by atoms with Crippen LogP contribution in [0.5, 0.6) is 0 Å². The predicted octanol–water partition coefficient (Wildman–Crippen LogP) is 2.03. The Hall–Kier alpha value is -0.940. The molecule has 3 rings (SSSR count). The van der Waals surface area contributed by atoms with Crippen molar-refractivity contribution < 1.29 is 9.26 Å². The second kappa shape index (κ2) is 5.21. The molecule has 1 aromatic rings. The molecule has 2 aliphatic rings. The lowest BCUT2D eigenvalue weighted by molar-refractivity contribution is -0.0178. The Morgan fingerprint density at radius 1 is 1.42 bits per heavy atom. The maximum absolute atomic E-state index is 5.69. The van der Waals surface area contributed by atoms with Crippen molar-refractivity contribution in [1.29, 1.82) is 0 Å². The van der Waals surface area contributed by atoms with E-state index in [2.05, 4.69) is 15.5 Å². The Labute approximate surface area is 114 Å². The van der Waals surface area contributed by atoms with Crippen molar-refractivity contribution in [2.24, 2.45) is 5.92 Å². The monoisotopic (exact) mass is 265 g/mol. The standard InChI is InChI=1S/C14H23N3O2/c1-15-11(10-5-6-10)9-12-16-13(17-19-12)14(18-2)7-3-4-8-14/h10-11,15H,3-9H2,1-2H3. The molecule has 1 aromatic heterocycles. The van der Waals surface area contributed by atoms with Crippen LogP contribution in [-0.4, -0.2) is 30.3 Å². The molecule has 1 heterocycles. The molecule has 5 nitrogen and oxygen atoms in total. The van der Waals surface area contributed by atoms with Crippen LogP contribution in [-0.2, 0) is 16.8 Å². The minimum atomic E-state index is -0.295. The summed E-state index contributed by atoms with van der Waals surface area (Å²) in [6, 6.07) is 0.468. The van der Waals surface area contributed by atoms with E-state index in [1.165, 1.54) is 25.7 Å². The van der Waals surface area contributed by atoms with Crippen LogP contribution in [0.15, 0.2) is 4.52 Å². The molecule has 0 radical (unpaired) electrons. The van der Waals surface area contributed by atoms with Gasteiger partial charge in [-0.25, -0.2) is 0 Å². The van der Waals surface area contributed by atoms with Gasteiger partial charge in [-0.05, 0) is 51.5 Å². The van der Waals surface area contributed by atoms with Gasteiger partial charge in [0.25, 0.3) is 0 Å². The highest BCUT2D eigenvalue weighted by atomic mass is 16.5. The molecule has 1 N–H and O–H groups in total. The first kappa shape index (κ1) is 13.1. The molecule has 0 saturated heterocycles. The zero-order valence-corrected chi connectivity index (χ0v) is 11.8. The van der Waals surface area contributed by atoms with E-state index in [0.29, 0.717) is 6.04 Å². The maximum atomic E-state index is 5.69. The minimum Gasteiger partial charge on any atom is -0.370 e. The van der Waals surface area contributed by atoms with E-state index in [9.17, 15) is 0 Å². The summed E-state index contributed by atoms with van der Waals surface area (Å²) in [6.07, 6.45) is 7.82. The first-order chi connectivity index (χ1) is 9.27. The van der Waals surface area contributed by atoms with E-state index < -0.39 is 0 Å². The zero-order valence-electron chi connectivity index (χ0n) is 11.8. The molecule has 0 spiro atoms. The molecule has 0 bridgehead atoms. The largest absolute Gasteiger partial charge is 0.370 e. The Balaban J connectivity index is 1.71. The van der Waals surface area contributed by atoms with Crippen molar-refractivity contribution in [2.45, 2.75) is 56.6 Å². The van der Waals surface area contributed by atoms with Gasteiger partial charge in [0, 0.05) is 19.6 Å². The summed E-state index contributed by atoms with van der Waals surface area (Å²) in [5, 5.41) is 7.53. The number of hydrogen-bond donors (Lipinski definition) is 1. The van der Waals surface area contributed by atoms with Gasteiger partial charge in [-0.15, -0.1) is 0 Å². The van der Waals surface area contributed by atoms with Crippen molar-refractivity contribution in [2.75, 3.05) is 14.2 Å². The van der Waals surface area contributed by atoms with Crippen molar-refractivity contribution in [3.05, 3.63) is 11.7 Å². The molecule has 1 atom stereocenters. The lowest BCUT2D eigenvalue weighted by Crippen LogP contribution is -2.30. The van der Waals surface area contributed by atoms with Gasteiger partial charge in [0.15, 0.2) is 0 Å². The molecule has 2 saturated carbocycles. The summed E-state index contributed by atoms with van der Waals surface area (Å²) >= 11 is 0. The van der Waals surface area contributed by atoms with Gasteiger partial charge < -0.3 is 14.6 Å². The van der Waals surface area contributed by atoms with E-state index in [0.717, 1.165) is 36.9 Å². The highest BCUT2D eigenvalue weighted by Crippen LogP contribution is 2.40. The second-order valence-electron chi connectivity index (χ2n) is 5.85. The number of likely N-dealkylation sites (N-methyl/N-ethyl adjacent to an activating group) is 1. The van der Waals surface area contributed by atoms with Gasteiger partial charge in [0.2, 0.25) is 11.7 Å². The van der Waals surface area contributed by atoms with Crippen LogP contribution in [0.25, 0.3) is 0 Å². The van der Waals surface area contributed by atoms with Gasteiger partial charge in [0.05, 0.1) is 0 Å². The van der Waals surface area contributed by atoms with Crippen LogP contribution >= 0.6 is 0 Å². The quantitative estimate of drug-likeness (QED) is 0.852. The van der Waals surface area contributed by atoms with E-state index in [1.807, 2.05) is 7.05 Å². The fourth-order valence-corrected chi connectivity index (χ4v) is 3.18. The fourth-order valence-electron chi connectivity index (χ4n) is 3.18. The third-order valence-corrected chi connectivity index (χ3v) is 4.63. The summed E-state index contributed by atoms with van der Waals surface area (Å²) < 4.78 is 11.1. The molecular weight excluding hydrogens is 242 g/mol. The number of rotatable bonds is 6. The van der Waals surface area contributed by atoms with Crippen molar-refractivity contribution in [3.63, 3.8) is 0 Å². The SMILES string of the molecule is CNC(Cc1nc(C2(OC)CCCC2)no1)C1CC1. The van der Waals surface area contributed by atoms with Crippen LogP contribution in [0.2, 0.25) is 0 Å². The topological polar surface area (TPSA) is 60.2 Å². The van der Waals surface area contributed by atoms with Crippen molar-refractivity contribution in [1.82, 2.24) is 15.5 Å². The van der Waals surface area contributed by atoms with Crippen LogP contribution < -0.4 is 5.32 Å². The number of nitrogens with zero attached hydrogens (tertiary/aromatic N) is 2. The van der Waals surface area contributed by atoms with E-state index in [4.69, 9.17) is 9.26 Å². The third kappa shape index (κ3) is 2.54. The normalized spacial score (nSPS) is 23.7. The van der Waals surface area contributed by atoms with Crippen molar-refractivity contribution >= 4 is 0 Å². The molecule has 2 aliphatic carbocycles. The first-order valence-corrected chi connectivity index (χ1v) is 7.33. The average Bonchev–Trinajstić information content (AvgIpc) is 2.98. The number of methoxy groups -OCH3 is 1. The smallest absolute Gasteiger partial charge is 0.228 e. The molecular formula is C14H23N3O2. The molecule has 0 amide bonds. The lowest BCUT2D eigenvalue weighted by atomic mass is 10.0. The van der Waals surface area contributed by atoms with E-state index in [1.54, 1.807) is 7.11 Å². The molecule has 5 heteroatoms. The Bertz CT molecular complexity index is 422. The molecule has 106 valence electrons. The maximum Gasteiger partial charge on any atom is 0.228 e. The van der Waals surface area contributed by atoms with Crippen LogP contribution in [0.3, 0.4) is 0 Å². The summed E-state index contributed by atoms with van der Waals surface area (Å²) in [4.78, 5) is 4.59. The van der Waals surface area contributed by atoms with Gasteiger partial charge >= 0.3 is 0 Å². The Kier molecular flexibility index (Phi) is 3.58. The van der Waals surface area contributed by atoms with Crippen LogP contribution in [0.4, 0.5) is 0 Å². The zero-order chi connectivity index (χ0) is 13.3. The number of ether oxygens (including phenoxy) is 1. The van der Waals surface area contributed by atoms with Crippen LogP contribution in [0.1, 0.15) is 50.2 Å². The summed E-state index contributed by atoms with van der Waals surface area (Å²) in [7, 11) is 3.76. The third-order valence-electron chi connectivity index (χ3n) is 4.63. The van der Waals surface area contributed by atoms with Gasteiger partial charge in [0.1, 0.15) is 5.60 Å². The highest BCUT2D eigenvalue weighted by Gasteiger charge is 2.40. The Morgan fingerprint density at radius 2 is 2.16 bits per heavy atom. The summed E-state index contributed by atoms with van der Waals surface area (Å²) in [5.41, 5.74) is -0.295. The van der Waals surface area contributed by atoms with Gasteiger partial charge in [-0.3, -0.25) is 0 Å². The summed E-state index contributed by atoms with van der Waals surface area (Å²) in [6.45, 7) is 0. The molecule has 0 aliphatic heterocycles. The number of hydrogen-bond acceptors (Lipinski definition) is 5. The Morgan fingerprint density at radius 3 is 2.74 bits per heavy atom. The average molecular weight is 265 g/mol. The molecule has 0 aromatic carbocycles. The van der Waals surface area contributed by atoms with Gasteiger partial charge in [-0.1, -0.05) is 5.16 Å². The minimum absolute atomic E-state index is 0.295. The van der Waals surface area contributed by atoms with E-state index in [-0.39, 0.29) is 5.60 Å². The second-order valence-corrected chi connectivity index (χ2v) is 5.85. The predicted molar refractivity (Wildman–Crippen MR) is 70.7 cm³/mol. The first-order valence-electron chi connectivity index (χ1n) is 7.33. The summed E-state index contributed by atoms with van der Waals surface area (Å²) in [5.74, 6) is 2.26. The fraction of sp³-hybridized carbons (Fsp3) is 0.857. The van der Waals surface area contributed by atoms with Gasteiger partial charge in [-0.2, -0.15) is 4.98 Å². The van der Waals surface area contributed by atoms with E-state index >= 15 is 0 Å².